The Morgan fingerprint density at radius 3 is 2.71 bits per heavy atom. The number of nitrogens with two attached hydrogens (primary N) is 1. The fourth-order valence-corrected chi connectivity index (χ4v) is 2.49. The van der Waals surface area contributed by atoms with Crippen molar-refractivity contribution < 1.29 is 9.90 Å². The molecule has 0 aromatic heterocycles. The number of nitrogens with zero attached hydrogens (tertiary/aromatic N) is 1. The van der Waals surface area contributed by atoms with E-state index >= 15 is 0 Å². The Balaban J connectivity index is 2.06. The summed E-state index contributed by atoms with van der Waals surface area (Å²) in [6.07, 6.45) is 1.01. The summed E-state index contributed by atoms with van der Waals surface area (Å²) in [5, 5.41) is 8.85. The van der Waals surface area contributed by atoms with Crippen molar-refractivity contribution in [3.8, 4) is 0 Å². The first kappa shape index (κ1) is 11.9. The van der Waals surface area contributed by atoms with Crippen LogP contribution in [0.25, 0.3) is 0 Å². The second-order valence-electron chi connectivity index (χ2n) is 4.70. The molecule has 1 aliphatic heterocycles. The molecule has 1 heterocycles. The highest BCUT2D eigenvalue weighted by molar-refractivity contribution is 5.67. The minimum atomic E-state index is -0.739. The molecule has 0 bridgehead atoms. The molecule has 2 unspecified atom stereocenters. The second-order valence-corrected chi connectivity index (χ2v) is 4.70. The predicted octanol–water partition coefficient (Wildman–Crippen LogP) is 1.31. The van der Waals surface area contributed by atoms with Crippen LogP contribution in [-0.2, 0) is 4.79 Å². The van der Waals surface area contributed by atoms with Crippen molar-refractivity contribution >= 4 is 11.7 Å². The molecule has 1 fully saturated rings. The Morgan fingerprint density at radius 2 is 2.06 bits per heavy atom. The van der Waals surface area contributed by atoms with Crippen LogP contribution in [0.2, 0.25) is 0 Å². The molecule has 2 atom stereocenters. The lowest BCUT2D eigenvalue weighted by atomic mass is 9.91. The molecule has 0 aliphatic carbocycles. The van der Waals surface area contributed by atoms with Gasteiger partial charge in [0.25, 0.3) is 0 Å². The molecule has 0 amide bonds. The molecule has 1 aromatic carbocycles. The van der Waals surface area contributed by atoms with Crippen LogP contribution in [0, 0.1) is 5.92 Å². The third-order valence-electron chi connectivity index (χ3n) is 3.15. The van der Waals surface area contributed by atoms with E-state index in [-0.39, 0.29) is 18.4 Å². The zero-order valence-corrected chi connectivity index (χ0v) is 9.75. The van der Waals surface area contributed by atoms with E-state index in [2.05, 4.69) is 4.90 Å². The summed E-state index contributed by atoms with van der Waals surface area (Å²) in [5.74, 6) is -0.589. The number of hydrogen-bond acceptors (Lipinski definition) is 3. The first-order chi connectivity index (χ1) is 8.15. The average molecular weight is 234 g/mol. The molecule has 17 heavy (non-hydrogen) atoms. The largest absolute Gasteiger partial charge is 0.481 e. The van der Waals surface area contributed by atoms with Gasteiger partial charge >= 0.3 is 5.97 Å². The van der Waals surface area contributed by atoms with Gasteiger partial charge in [-0.15, -0.1) is 0 Å². The maximum atomic E-state index is 10.8. The van der Waals surface area contributed by atoms with Crippen LogP contribution < -0.4 is 10.6 Å². The van der Waals surface area contributed by atoms with Crippen molar-refractivity contribution in [2.45, 2.75) is 18.9 Å². The van der Waals surface area contributed by atoms with Gasteiger partial charge in [-0.1, -0.05) is 18.2 Å². The number of para-hydroxylation sites is 1. The highest BCUT2D eigenvalue weighted by atomic mass is 16.4. The number of rotatable bonds is 3. The van der Waals surface area contributed by atoms with Crippen molar-refractivity contribution in [2.24, 2.45) is 11.7 Å². The Labute approximate surface area is 101 Å². The highest BCUT2D eigenvalue weighted by Crippen LogP contribution is 2.24. The zero-order valence-electron chi connectivity index (χ0n) is 9.75. The number of benzene rings is 1. The number of carboxylic acid groups (broad SMARTS) is 1. The van der Waals surface area contributed by atoms with E-state index in [1.54, 1.807) is 0 Å². The van der Waals surface area contributed by atoms with E-state index in [1.165, 1.54) is 0 Å². The molecule has 3 N–H and O–H groups in total. The van der Waals surface area contributed by atoms with Crippen LogP contribution in [-0.4, -0.2) is 30.2 Å². The lowest BCUT2D eigenvalue weighted by Gasteiger charge is -2.37. The summed E-state index contributed by atoms with van der Waals surface area (Å²) in [4.78, 5) is 12.9. The van der Waals surface area contributed by atoms with Crippen molar-refractivity contribution in [1.29, 1.82) is 0 Å². The summed E-state index contributed by atoms with van der Waals surface area (Å²) >= 11 is 0. The molecule has 4 heteroatoms. The molecule has 4 nitrogen and oxygen atoms in total. The maximum Gasteiger partial charge on any atom is 0.303 e. The lowest BCUT2D eigenvalue weighted by molar-refractivity contribution is -0.138. The minimum absolute atomic E-state index is 0.0632. The van der Waals surface area contributed by atoms with Gasteiger partial charge < -0.3 is 15.7 Å². The summed E-state index contributed by atoms with van der Waals surface area (Å²) in [6.45, 7) is 1.59. The molecule has 1 aliphatic rings. The molecule has 1 aromatic rings. The fraction of sp³-hybridized carbons (Fsp3) is 0.462. The van der Waals surface area contributed by atoms with E-state index in [4.69, 9.17) is 10.8 Å². The van der Waals surface area contributed by atoms with Crippen LogP contribution in [0.1, 0.15) is 12.8 Å². The molecule has 0 radical (unpaired) electrons. The molecule has 0 saturated carbocycles. The number of carbonyl (C=O) groups is 1. The molecule has 1 saturated heterocycles. The average Bonchev–Trinajstić information content (AvgIpc) is 2.28. The van der Waals surface area contributed by atoms with Gasteiger partial charge in [0.05, 0.1) is 0 Å². The zero-order chi connectivity index (χ0) is 12.3. The molecular weight excluding hydrogens is 216 g/mol. The standard InChI is InChI=1S/C13H18N2O2/c14-11-6-10(7-13(16)17)8-15(9-11)12-4-2-1-3-5-12/h1-5,10-11H,6-9,14H2,(H,16,17). The SMILES string of the molecule is NC1CC(CC(=O)O)CN(c2ccccc2)C1. The van der Waals surface area contributed by atoms with Crippen molar-refractivity contribution in [3.05, 3.63) is 30.3 Å². The number of piperidine rings is 1. The molecule has 2 rings (SSSR count). The fourth-order valence-electron chi connectivity index (χ4n) is 2.49. The van der Waals surface area contributed by atoms with E-state index in [0.29, 0.717) is 0 Å². The van der Waals surface area contributed by atoms with Crippen LogP contribution in [0.4, 0.5) is 5.69 Å². The first-order valence-electron chi connectivity index (χ1n) is 5.92. The highest BCUT2D eigenvalue weighted by Gasteiger charge is 2.26. The Morgan fingerprint density at radius 1 is 1.35 bits per heavy atom. The number of carboxylic acids is 1. The van der Waals surface area contributed by atoms with Gasteiger partial charge in [-0.25, -0.2) is 0 Å². The Bertz CT molecular complexity index is 380. The normalized spacial score (nSPS) is 24.6. The van der Waals surface area contributed by atoms with E-state index in [9.17, 15) is 4.79 Å². The summed E-state index contributed by atoms with van der Waals surface area (Å²) < 4.78 is 0. The molecule has 92 valence electrons. The Kier molecular flexibility index (Phi) is 3.64. The van der Waals surface area contributed by atoms with Gasteiger partial charge in [-0.05, 0) is 24.5 Å². The molecule has 0 spiro atoms. The van der Waals surface area contributed by atoms with Crippen LogP contribution in [0.5, 0.6) is 0 Å². The quantitative estimate of drug-likeness (QED) is 0.827. The first-order valence-corrected chi connectivity index (χ1v) is 5.92. The van der Waals surface area contributed by atoms with Crippen LogP contribution >= 0.6 is 0 Å². The van der Waals surface area contributed by atoms with Crippen molar-refractivity contribution in [3.63, 3.8) is 0 Å². The van der Waals surface area contributed by atoms with Crippen LogP contribution in [0.3, 0.4) is 0 Å². The third-order valence-corrected chi connectivity index (χ3v) is 3.15. The smallest absolute Gasteiger partial charge is 0.303 e. The predicted molar refractivity (Wildman–Crippen MR) is 67.0 cm³/mol. The van der Waals surface area contributed by atoms with Gasteiger partial charge in [0.15, 0.2) is 0 Å². The Hall–Kier alpha value is -1.55. The van der Waals surface area contributed by atoms with Gasteiger partial charge in [-0.2, -0.15) is 0 Å². The third kappa shape index (κ3) is 3.20. The maximum absolute atomic E-state index is 10.8. The van der Waals surface area contributed by atoms with E-state index < -0.39 is 5.97 Å². The number of anilines is 1. The number of aliphatic carboxylic acids is 1. The van der Waals surface area contributed by atoms with Gasteiger partial charge in [0, 0.05) is 31.2 Å². The van der Waals surface area contributed by atoms with Crippen molar-refractivity contribution in [1.82, 2.24) is 0 Å². The lowest BCUT2D eigenvalue weighted by Crippen LogP contribution is -2.47. The summed E-state index contributed by atoms with van der Waals surface area (Å²) in [7, 11) is 0. The summed E-state index contributed by atoms with van der Waals surface area (Å²) in [5.41, 5.74) is 7.12. The van der Waals surface area contributed by atoms with E-state index in [0.717, 1.165) is 25.2 Å². The van der Waals surface area contributed by atoms with Gasteiger partial charge in [0.2, 0.25) is 0 Å². The van der Waals surface area contributed by atoms with Gasteiger partial charge in [-0.3, -0.25) is 4.79 Å². The van der Waals surface area contributed by atoms with Crippen LogP contribution in [0.15, 0.2) is 30.3 Å². The van der Waals surface area contributed by atoms with Gasteiger partial charge in [0.1, 0.15) is 0 Å². The second kappa shape index (κ2) is 5.19. The topological polar surface area (TPSA) is 66.6 Å². The van der Waals surface area contributed by atoms with Crippen molar-refractivity contribution in [2.75, 3.05) is 18.0 Å². The number of hydrogen-bond donors (Lipinski definition) is 2. The monoisotopic (exact) mass is 234 g/mol. The molecular formula is C13H18N2O2. The van der Waals surface area contributed by atoms with E-state index in [1.807, 2.05) is 30.3 Å². The minimum Gasteiger partial charge on any atom is -0.481 e. The summed E-state index contributed by atoms with van der Waals surface area (Å²) in [6, 6.07) is 10.1.